The standard InChI is InChI=1S/C27H26ClN3O3S/c1-15-8-13-20(16(2)14-15)29-25(32)22-23-19-6-5-7-21(33-4)24(19)34-27(22,3)31(26(35)30-23)18-11-9-17(28)10-12-18/h5-14,22-23H,1-4H3,(H,29,32)(H,30,35). The molecule has 35 heavy (non-hydrogen) atoms. The number of nitrogens with one attached hydrogen (secondary N) is 2. The smallest absolute Gasteiger partial charge is 0.236 e. The van der Waals surface area contributed by atoms with Crippen molar-refractivity contribution in [2.75, 3.05) is 17.3 Å². The molecule has 2 aliphatic heterocycles. The van der Waals surface area contributed by atoms with Crippen molar-refractivity contribution in [3.63, 3.8) is 0 Å². The molecule has 3 unspecified atom stereocenters. The number of ether oxygens (including phenoxy) is 2. The normalized spacial score (nSPS) is 22.5. The molecule has 2 heterocycles. The second kappa shape index (κ2) is 8.73. The van der Waals surface area contributed by atoms with E-state index in [1.54, 1.807) is 19.2 Å². The lowest BCUT2D eigenvalue weighted by Crippen LogP contribution is -2.72. The highest BCUT2D eigenvalue weighted by atomic mass is 35.5. The minimum Gasteiger partial charge on any atom is -0.493 e. The van der Waals surface area contributed by atoms with Gasteiger partial charge in [0, 0.05) is 22.0 Å². The minimum atomic E-state index is -1.15. The van der Waals surface area contributed by atoms with Crippen LogP contribution in [0.4, 0.5) is 11.4 Å². The molecule has 3 aromatic rings. The van der Waals surface area contributed by atoms with Gasteiger partial charge in [-0.05, 0) is 75.0 Å². The molecular formula is C27H26ClN3O3S. The molecule has 1 saturated heterocycles. The molecule has 1 amide bonds. The van der Waals surface area contributed by atoms with Gasteiger partial charge in [-0.2, -0.15) is 0 Å². The summed E-state index contributed by atoms with van der Waals surface area (Å²) in [5.74, 6) is 0.363. The summed E-state index contributed by atoms with van der Waals surface area (Å²) in [5.41, 5.74) is 3.32. The fraction of sp³-hybridized carbons (Fsp3) is 0.259. The Bertz CT molecular complexity index is 1330. The third kappa shape index (κ3) is 3.89. The van der Waals surface area contributed by atoms with Crippen LogP contribution in [0.2, 0.25) is 5.02 Å². The summed E-state index contributed by atoms with van der Waals surface area (Å²) in [4.78, 5) is 15.8. The van der Waals surface area contributed by atoms with Crippen LogP contribution in [0.3, 0.4) is 0 Å². The van der Waals surface area contributed by atoms with E-state index in [1.807, 2.05) is 74.2 Å². The third-order valence-corrected chi connectivity index (χ3v) is 7.27. The summed E-state index contributed by atoms with van der Waals surface area (Å²) in [6.45, 7) is 5.90. The molecule has 180 valence electrons. The molecule has 6 nitrogen and oxygen atoms in total. The van der Waals surface area contributed by atoms with Crippen molar-refractivity contribution < 1.29 is 14.3 Å². The molecule has 3 atom stereocenters. The van der Waals surface area contributed by atoms with Crippen molar-refractivity contribution in [3.8, 4) is 11.5 Å². The Labute approximate surface area is 215 Å². The maximum atomic E-state index is 14.0. The van der Waals surface area contributed by atoms with Crippen LogP contribution in [0, 0.1) is 19.8 Å². The van der Waals surface area contributed by atoms with Gasteiger partial charge in [0.15, 0.2) is 22.3 Å². The number of anilines is 2. The number of fused-ring (bicyclic) bond motifs is 4. The first kappa shape index (κ1) is 23.5. The number of carbonyl (C=O) groups is 1. The minimum absolute atomic E-state index is 0.174. The molecule has 0 saturated carbocycles. The van der Waals surface area contributed by atoms with E-state index in [4.69, 9.17) is 33.3 Å². The summed E-state index contributed by atoms with van der Waals surface area (Å²) >= 11 is 12.0. The fourth-order valence-corrected chi connectivity index (χ4v) is 5.61. The van der Waals surface area contributed by atoms with Gasteiger partial charge in [0.2, 0.25) is 5.91 Å². The second-order valence-corrected chi connectivity index (χ2v) is 9.88. The average molecular weight is 508 g/mol. The first-order chi connectivity index (χ1) is 16.7. The number of halogens is 1. The van der Waals surface area contributed by atoms with E-state index in [2.05, 4.69) is 10.6 Å². The second-order valence-electron chi connectivity index (χ2n) is 9.06. The van der Waals surface area contributed by atoms with Gasteiger partial charge in [0.25, 0.3) is 0 Å². The van der Waals surface area contributed by atoms with Gasteiger partial charge in [-0.1, -0.05) is 41.4 Å². The molecule has 1 fully saturated rings. The van der Waals surface area contributed by atoms with Gasteiger partial charge in [-0.15, -0.1) is 0 Å². The average Bonchev–Trinajstić information content (AvgIpc) is 2.81. The number of benzene rings is 3. The van der Waals surface area contributed by atoms with Gasteiger partial charge in [-0.3, -0.25) is 9.69 Å². The number of carbonyl (C=O) groups excluding carboxylic acids is 1. The maximum Gasteiger partial charge on any atom is 0.236 e. The lowest BCUT2D eigenvalue weighted by molar-refractivity contribution is -0.130. The Balaban J connectivity index is 1.64. The summed E-state index contributed by atoms with van der Waals surface area (Å²) in [5, 5.41) is 7.61. The van der Waals surface area contributed by atoms with Gasteiger partial charge in [-0.25, -0.2) is 0 Å². The van der Waals surface area contributed by atoms with Crippen LogP contribution in [-0.4, -0.2) is 23.9 Å². The number of hydrogen-bond donors (Lipinski definition) is 2. The van der Waals surface area contributed by atoms with E-state index in [-0.39, 0.29) is 5.91 Å². The van der Waals surface area contributed by atoms with Crippen molar-refractivity contribution >= 4 is 46.2 Å². The van der Waals surface area contributed by atoms with E-state index in [1.165, 1.54) is 0 Å². The predicted molar refractivity (Wildman–Crippen MR) is 142 cm³/mol. The van der Waals surface area contributed by atoms with Gasteiger partial charge in [0.05, 0.1) is 13.2 Å². The number of nitrogens with zero attached hydrogens (tertiary/aromatic N) is 1. The van der Waals surface area contributed by atoms with Crippen LogP contribution >= 0.6 is 23.8 Å². The highest BCUT2D eigenvalue weighted by Gasteiger charge is 2.59. The number of rotatable bonds is 4. The molecular weight excluding hydrogens is 482 g/mol. The molecule has 2 bridgehead atoms. The van der Waals surface area contributed by atoms with E-state index in [0.717, 1.165) is 28.1 Å². The van der Waals surface area contributed by atoms with E-state index in [0.29, 0.717) is 21.6 Å². The van der Waals surface area contributed by atoms with Crippen LogP contribution in [-0.2, 0) is 4.79 Å². The van der Waals surface area contributed by atoms with Crippen molar-refractivity contribution in [3.05, 3.63) is 82.4 Å². The van der Waals surface area contributed by atoms with Crippen LogP contribution < -0.4 is 25.0 Å². The van der Waals surface area contributed by atoms with Crippen LogP contribution in [0.25, 0.3) is 0 Å². The van der Waals surface area contributed by atoms with Gasteiger partial charge >= 0.3 is 0 Å². The number of thiocarbonyl (C=S) groups is 1. The quantitative estimate of drug-likeness (QED) is 0.437. The first-order valence-electron chi connectivity index (χ1n) is 11.3. The van der Waals surface area contributed by atoms with Crippen LogP contribution in [0.15, 0.2) is 60.7 Å². The zero-order valence-electron chi connectivity index (χ0n) is 19.9. The van der Waals surface area contributed by atoms with E-state index < -0.39 is 17.7 Å². The Kier molecular flexibility index (Phi) is 5.85. The molecule has 5 rings (SSSR count). The maximum absolute atomic E-state index is 14.0. The Hall–Kier alpha value is -3.29. The molecule has 3 aromatic carbocycles. The molecule has 0 spiro atoms. The van der Waals surface area contributed by atoms with Crippen molar-refractivity contribution in [1.82, 2.24) is 5.32 Å². The Morgan fingerprint density at radius 3 is 2.60 bits per heavy atom. The Morgan fingerprint density at radius 2 is 1.91 bits per heavy atom. The number of para-hydroxylation sites is 1. The SMILES string of the molecule is COc1cccc2c1OC1(C)C(C(=O)Nc3ccc(C)cc3C)C2NC(=S)N1c1ccc(Cl)cc1. The summed E-state index contributed by atoms with van der Waals surface area (Å²) < 4.78 is 12.3. The lowest BCUT2D eigenvalue weighted by Gasteiger charge is -2.56. The monoisotopic (exact) mass is 507 g/mol. The Morgan fingerprint density at radius 1 is 1.17 bits per heavy atom. The molecule has 8 heteroatoms. The summed E-state index contributed by atoms with van der Waals surface area (Å²) in [7, 11) is 1.60. The third-order valence-electron chi connectivity index (χ3n) is 6.72. The number of methoxy groups -OCH3 is 1. The highest BCUT2D eigenvalue weighted by Crippen LogP contribution is 2.52. The molecule has 0 radical (unpaired) electrons. The molecule has 2 N–H and O–H groups in total. The number of amides is 1. The predicted octanol–water partition coefficient (Wildman–Crippen LogP) is 5.76. The van der Waals surface area contributed by atoms with Gasteiger partial charge < -0.3 is 20.1 Å². The molecule has 2 aliphatic rings. The molecule has 0 aromatic heterocycles. The number of aryl methyl sites for hydroxylation is 2. The topological polar surface area (TPSA) is 62.8 Å². The van der Waals surface area contributed by atoms with Crippen molar-refractivity contribution in [2.24, 2.45) is 5.92 Å². The largest absolute Gasteiger partial charge is 0.493 e. The summed E-state index contributed by atoms with van der Waals surface area (Å²) in [6.07, 6.45) is 0. The van der Waals surface area contributed by atoms with Crippen molar-refractivity contribution in [2.45, 2.75) is 32.5 Å². The van der Waals surface area contributed by atoms with Crippen LogP contribution in [0.1, 0.15) is 29.7 Å². The highest BCUT2D eigenvalue weighted by molar-refractivity contribution is 7.80. The van der Waals surface area contributed by atoms with Crippen molar-refractivity contribution in [1.29, 1.82) is 0 Å². The number of hydrogen-bond acceptors (Lipinski definition) is 4. The fourth-order valence-electron chi connectivity index (χ4n) is 5.07. The summed E-state index contributed by atoms with van der Waals surface area (Å²) in [6, 6.07) is 18.5. The first-order valence-corrected chi connectivity index (χ1v) is 12.1. The lowest BCUT2D eigenvalue weighted by atomic mass is 9.78. The zero-order valence-corrected chi connectivity index (χ0v) is 21.5. The molecule has 0 aliphatic carbocycles. The van der Waals surface area contributed by atoms with Crippen LogP contribution in [0.5, 0.6) is 11.5 Å². The van der Waals surface area contributed by atoms with Gasteiger partial charge in [0.1, 0.15) is 5.92 Å². The van der Waals surface area contributed by atoms with E-state index >= 15 is 0 Å². The zero-order chi connectivity index (χ0) is 24.9. The van der Waals surface area contributed by atoms with E-state index in [9.17, 15) is 4.79 Å².